The molecule has 0 bridgehead atoms. The normalized spacial score (nSPS) is 20.2. The molecule has 0 saturated carbocycles. The Labute approximate surface area is 141 Å². The summed E-state index contributed by atoms with van der Waals surface area (Å²) >= 11 is 0. The largest absolute Gasteiger partial charge is 0.395 e. The fraction of sp³-hybridized carbons (Fsp3) is 0.737. The minimum absolute atomic E-state index is 0.212. The molecule has 1 unspecified atom stereocenters. The minimum atomic E-state index is 0.212. The molecular weight excluding hydrogens is 288 g/mol. The Balaban J connectivity index is 2.38. The van der Waals surface area contributed by atoms with Gasteiger partial charge in [-0.3, -0.25) is 14.6 Å². The van der Waals surface area contributed by atoms with Crippen molar-refractivity contribution in [2.75, 3.05) is 32.8 Å². The Morgan fingerprint density at radius 3 is 2.35 bits per heavy atom. The van der Waals surface area contributed by atoms with Crippen LogP contribution in [0.5, 0.6) is 0 Å². The number of hydrogen-bond donors (Lipinski definition) is 1. The average Bonchev–Trinajstić information content (AvgIpc) is 2.91. The van der Waals surface area contributed by atoms with Crippen LogP contribution in [0.2, 0.25) is 0 Å². The smallest absolute Gasteiger partial charge is 0.136 e. The van der Waals surface area contributed by atoms with E-state index in [-0.39, 0.29) is 6.61 Å². The average molecular weight is 322 g/mol. The third kappa shape index (κ3) is 7.91. The van der Waals surface area contributed by atoms with Gasteiger partial charge >= 0.3 is 0 Å². The predicted molar refractivity (Wildman–Crippen MR) is 96.4 cm³/mol. The lowest BCUT2D eigenvalue weighted by molar-refractivity contribution is -0.118. The van der Waals surface area contributed by atoms with Crippen molar-refractivity contribution in [2.45, 2.75) is 58.5 Å². The molecule has 1 fully saturated rings. The van der Waals surface area contributed by atoms with E-state index in [9.17, 15) is 9.90 Å². The number of β-amino-alcohol motifs (C(OH)–C–C–N with tert-alkyl or cyclic N) is 1. The van der Waals surface area contributed by atoms with Crippen molar-refractivity contribution in [3.05, 3.63) is 24.3 Å². The highest BCUT2D eigenvalue weighted by atomic mass is 16.3. The number of hydrogen-bond acceptors (Lipinski definition) is 4. The Hall–Kier alpha value is -0.970. The molecule has 1 saturated heterocycles. The summed E-state index contributed by atoms with van der Waals surface area (Å²) < 4.78 is 0. The monoisotopic (exact) mass is 322 g/mol. The first-order chi connectivity index (χ1) is 11.2. The lowest BCUT2D eigenvalue weighted by Crippen LogP contribution is -2.40. The van der Waals surface area contributed by atoms with Gasteiger partial charge in [-0.25, -0.2) is 0 Å². The summed E-state index contributed by atoms with van der Waals surface area (Å²) in [4.78, 5) is 16.6. The maximum Gasteiger partial charge on any atom is 0.136 e. The van der Waals surface area contributed by atoms with Crippen LogP contribution in [-0.4, -0.2) is 59.6 Å². The standard InChI is InChI=1S/C19H34N2O2/c1-3-5-7-10-18(23)11-9-13-20-14-15-21(16-17-22)19(20)12-8-6-4-2/h5-8,19,22H,3-4,9-17H2,1-2H3/b7-5-,8-6-. The van der Waals surface area contributed by atoms with E-state index in [0.717, 1.165) is 51.9 Å². The quantitative estimate of drug-likeness (QED) is 0.561. The number of aliphatic hydroxyl groups excluding tert-OH is 1. The van der Waals surface area contributed by atoms with E-state index in [1.807, 2.05) is 6.08 Å². The summed E-state index contributed by atoms with van der Waals surface area (Å²) in [6.45, 7) is 8.20. The van der Waals surface area contributed by atoms with E-state index >= 15 is 0 Å². The predicted octanol–water partition coefficient (Wildman–Crippen LogP) is 2.98. The van der Waals surface area contributed by atoms with E-state index in [1.54, 1.807) is 0 Å². The first kappa shape index (κ1) is 20.1. The Kier molecular flexibility index (Phi) is 10.9. The van der Waals surface area contributed by atoms with Gasteiger partial charge in [0.15, 0.2) is 0 Å². The van der Waals surface area contributed by atoms with E-state index in [0.29, 0.717) is 24.8 Å². The van der Waals surface area contributed by atoms with Gasteiger partial charge in [-0.15, -0.1) is 0 Å². The lowest BCUT2D eigenvalue weighted by atomic mass is 10.1. The van der Waals surface area contributed by atoms with Crippen molar-refractivity contribution in [3.8, 4) is 0 Å². The van der Waals surface area contributed by atoms with Gasteiger partial charge in [0.05, 0.1) is 12.8 Å². The van der Waals surface area contributed by atoms with Gasteiger partial charge in [0.2, 0.25) is 0 Å². The SMILES string of the molecule is CC/C=C\CC(=O)CCCN1CCN(CCO)C1C/C=C\CC. The van der Waals surface area contributed by atoms with Crippen LogP contribution >= 0.6 is 0 Å². The van der Waals surface area contributed by atoms with E-state index in [2.05, 4.69) is 41.9 Å². The molecule has 1 atom stereocenters. The Bertz CT molecular complexity index is 380. The van der Waals surface area contributed by atoms with Crippen molar-refractivity contribution in [1.29, 1.82) is 0 Å². The number of allylic oxidation sites excluding steroid dienone is 3. The zero-order chi connectivity index (χ0) is 16.9. The highest BCUT2D eigenvalue weighted by Crippen LogP contribution is 2.19. The van der Waals surface area contributed by atoms with Crippen LogP contribution < -0.4 is 0 Å². The summed E-state index contributed by atoms with van der Waals surface area (Å²) in [7, 11) is 0. The topological polar surface area (TPSA) is 43.8 Å². The van der Waals surface area contributed by atoms with Gasteiger partial charge in [-0.2, -0.15) is 0 Å². The molecule has 4 nitrogen and oxygen atoms in total. The molecule has 0 radical (unpaired) electrons. The van der Waals surface area contributed by atoms with Crippen molar-refractivity contribution in [2.24, 2.45) is 0 Å². The lowest BCUT2D eigenvalue weighted by Gasteiger charge is -2.29. The van der Waals surface area contributed by atoms with E-state index in [4.69, 9.17) is 0 Å². The molecular formula is C19H34N2O2. The molecule has 1 N–H and O–H groups in total. The molecule has 132 valence electrons. The van der Waals surface area contributed by atoms with E-state index in [1.165, 1.54) is 0 Å². The second-order valence-corrected chi connectivity index (χ2v) is 6.12. The summed E-state index contributed by atoms with van der Waals surface area (Å²) in [5, 5.41) is 9.22. The number of Topliss-reactive ketones (excluding diaryl/α,β-unsaturated/α-hetero) is 1. The molecule has 0 aromatic carbocycles. The van der Waals surface area contributed by atoms with Crippen molar-refractivity contribution in [1.82, 2.24) is 9.80 Å². The number of rotatable bonds is 12. The van der Waals surface area contributed by atoms with Gasteiger partial charge in [0.1, 0.15) is 5.78 Å². The first-order valence-electron chi connectivity index (χ1n) is 9.13. The van der Waals surface area contributed by atoms with Gasteiger partial charge in [0.25, 0.3) is 0 Å². The molecule has 0 aromatic heterocycles. The van der Waals surface area contributed by atoms with Crippen LogP contribution in [0.15, 0.2) is 24.3 Å². The fourth-order valence-electron chi connectivity index (χ4n) is 3.08. The summed E-state index contributed by atoms with van der Waals surface area (Å²) in [5.41, 5.74) is 0. The maximum absolute atomic E-state index is 11.8. The van der Waals surface area contributed by atoms with Crippen molar-refractivity contribution in [3.63, 3.8) is 0 Å². The van der Waals surface area contributed by atoms with Gasteiger partial charge in [-0.05, 0) is 25.7 Å². The Morgan fingerprint density at radius 2 is 1.70 bits per heavy atom. The molecule has 4 heteroatoms. The molecule has 1 aliphatic rings. The molecule has 0 amide bonds. The second kappa shape index (κ2) is 12.5. The van der Waals surface area contributed by atoms with Crippen LogP contribution in [-0.2, 0) is 4.79 Å². The minimum Gasteiger partial charge on any atom is -0.395 e. The Morgan fingerprint density at radius 1 is 1.04 bits per heavy atom. The zero-order valence-corrected chi connectivity index (χ0v) is 14.9. The number of carbonyl (C=O) groups is 1. The molecule has 1 rings (SSSR count). The maximum atomic E-state index is 11.8. The highest BCUT2D eigenvalue weighted by Gasteiger charge is 2.29. The molecule has 0 spiro atoms. The zero-order valence-electron chi connectivity index (χ0n) is 14.9. The fourth-order valence-corrected chi connectivity index (χ4v) is 3.08. The summed E-state index contributed by atoms with van der Waals surface area (Å²) in [5.74, 6) is 0.337. The van der Waals surface area contributed by atoms with Gasteiger partial charge < -0.3 is 5.11 Å². The first-order valence-corrected chi connectivity index (χ1v) is 9.13. The van der Waals surface area contributed by atoms with Crippen molar-refractivity contribution < 1.29 is 9.90 Å². The molecule has 1 heterocycles. The number of carbonyl (C=O) groups excluding carboxylic acids is 1. The molecule has 0 aromatic rings. The van der Waals surface area contributed by atoms with Gasteiger partial charge in [0, 0.05) is 39.0 Å². The summed E-state index contributed by atoms with van der Waals surface area (Å²) in [6.07, 6.45) is 14.1. The van der Waals surface area contributed by atoms with Gasteiger partial charge in [-0.1, -0.05) is 38.2 Å². The molecule has 1 aliphatic heterocycles. The third-order valence-corrected chi connectivity index (χ3v) is 4.30. The third-order valence-electron chi connectivity index (χ3n) is 4.30. The number of ketones is 1. The number of nitrogens with zero attached hydrogens (tertiary/aromatic N) is 2. The summed E-state index contributed by atoms with van der Waals surface area (Å²) in [6, 6.07) is 0. The number of aliphatic hydroxyl groups is 1. The van der Waals surface area contributed by atoms with Crippen LogP contribution in [0, 0.1) is 0 Å². The molecule has 23 heavy (non-hydrogen) atoms. The van der Waals surface area contributed by atoms with E-state index < -0.39 is 0 Å². The van der Waals surface area contributed by atoms with Crippen LogP contribution in [0.3, 0.4) is 0 Å². The highest BCUT2D eigenvalue weighted by molar-refractivity contribution is 5.79. The molecule has 0 aliphatic carbocycles. The van der Waals surface area contributed by atoms with Crippen LogP contribution in [0.1, 0.15) is 52.4 Å². The van der Waals surface area contributed by atoms with Crippen LogP contribution in [0.4, 0.5) is 0 Å². The second-order valence-electron chi connectivity index (χ2n) is 6.12. The van der Waals surface area contributed by atoms with Crippen LogP contribution in [0.25, 0.3) is 0 Å². The van der Waals surface area contributed by atoms with Crippen molar-refractivity contribution >= 4 is 5.78 Å².